The lowest BCUT2D eigenvalue weighted by molar-refractivity contribution is 0.0947. The number of amides is 1. The molecule has 0 fully saturated rings. The van der Waals surface area contributed by atoms with Crippen LogP contribution in [-0.2, 0) is 5.41 Å². The highest BCUT2D eigenvalue weighted by atomic mass is 16.5. The average Bonchev–Trinajstić information content (AvgIpc) is 2.58. The third kappa shape index (κ3) is 5.01. The Morgan fingerprint density at radius 3 is 2.08 bits per heavy atom. The van der Waals surface area contributed by atoms with Gasteiger partial charge in [-0.25, -0.2) is 0 Å². The Hall–Kier alpha value is -2.49. The summed E-state index contributed by atoms with van der Waals surface area (Å²) in [5.41, 5.74) is 1.95. The summed E-state index contributed by atoms with van der Waals surface area (Å²) in [6, 6.07) is 15.1. The minimum Gasteiger partial charge on any atom is -0.497 e. The summed E-state index contributed by atoms with van der Waals surface area (Å²) in [5, 5.41) is 2.86. The lowest BCUT2D eigenvalue weighted by atomic mass is 9.87. The second kappa shape index (κ2) is 7.86. The Bertz CT molecular complexity index is 655. The lowest BCUT2D eigenvalue weighted by Gasteiger charge is -2.19. The Kier molecular flexibility index (Phi) is 5.85. The molecule has 0 aliphatic heterocycles. The molecule has 1 amide bonds. The van der Waals surface area contributed by atoms with Crippen molar-refractivity contribution in [3.8, 4) is 11.5 Å². The molecular formula is C20H25NO3. The van der Waals surface area contributed by atoms with Gasteiger partial charge in [0.05, 0.1) is 13.7 Å². The maximum Gasteiger partial charge on any atom is 0.251 e. The molecule has 0 spiro atoms. The van der Waals surface area contributed by atoms with E-state index in [0.717, 1.165) is 11.5 Å². The van der Waals surface area contributed by atoms with Crippen molar-refractivity contribution >= 4 is 5.91 Å². The lowest BCUT2D eigenvalue weighted by Crippen LogP contribution is -2.28. The second-order valence-corrected chi connectivity index (χ2v) is 6.61. The molecule has 1 N–H and O–H groups in total. The highest BCUT2D eigenvalue weighted by molar-refractivity contribution is 5.94. The average molecular weight is 327 g/mol. The molecule has 0 saturated heterocycles. The number of benzene rings is 2. The van der Waals surface area contributed by atoms with Gasteiger partial charge in [0.25, 0.3) is 5.91 Å². The van der Waals surface area contributed by atoms with Crippen LogP contribution in [0, 0.1) is 0 Å². The van der Waals surface area contributed by atoms with Gasteiger partial charge in [-0.2, -0.15) is 0 Å². The van der Waals surface area contributed by atoms with Crippen LogP contribution in [0.1, 0.15) is 36.7 Å². The third-order valence-electron chi connectivity index (χ3n) is 3.73. The molecule has 2 rings (SSSR count). The van der Waals surface area contributed by atoms with Crippen LogP contribution in [0.2, 0.25) is 0 Å². The molecule has 4 nitrogen and oxygen atoms in total. The topological polar surface area (TPSA) is 47.6 Å². The van der Waals surface area contributed by atoms with E-state index in [1.807, 2.05) is 48.5 Å². The van der Waals surface area contributed by atoms with Gasteiger partial charge >= 0.3 is 0 Å². The van der Waals surface area contributed by atoms with E-state index in [1.54, 1.807) is 7.11 Å². The molecule has 0 heterocycles. The monoisotopic (exact) mass is 327 g/mol. The van der Waals surface area contributed by atoms with Gasteiger partial charge in [-0.15, -0.1) is 0 Å². The molecule has 0 saturated carbocycles. The minimum absolute atomic E-state index is 0.0845. The zero-order valence-corrected chi connectivity index (χ0v) is 14.8. The molecule has 0 aromatic heterocycles. The van der Waals surface area contributed by atoms with Crippen molar-refractivity contribution in [1.82, 2.24) is 5.32 Å². The SMILES string of the molecule is COc1ccc(OCCNC(=O)c2ccc(C(C)(C)C)cc2)cc1. The van der Waals surface area contributed by atoms with Crippen LogP contribution in [0.15, 0.2) is 48.5 Å². The zero-order valence-electron chi connectivity index (χ0n) is 14.8. The van der Waals surface area contributed by atoms with Crippen LogP contribution in [0.4, 0.5) is 0 Å². The van der Waals surface area contributed by atoms with Gasteiger partial charge in [-0.05, 0) is 47.4 Å². The number of methoxy groups -OCH3 is 1. The quantitative estimate of drug-likeness (QED) is 0.821. The first kappa shape index (κ1) is 17.9. The van der Waals surface area contributed by atoms with Gasteiger partial charge in [0.15, 0.2) is 0 Å². The first-order chi connectivity index (χ1) is 11.4. The standard InChI is InChI=1S/C20H25NO3/c1-20(2,3)16-7-5-15(6-8-16)19(22)21-13-14-24-18-11-9-17(23-4)10-12-18/h5-12H,13-14H2,1-4H3,(H,21,22). The number of carbonyl (C=O) groups is 1. The van der Waals surface area contributed by atoms with Crippen molar-refractivity contribution in [3.05, 3.63) is 59.7 Å². The molecule has 0 bridgehead atoms. The van der Waals surface area contributed by atoms with Gasteiger partial charge in [0.2, 0.25) is 0 Å². The molecule has 2 aromatic rings. The molecule has 0 unspecified atom stereocenters. The van der Waals surface area contributed by atoms with E-state index in [0.29, 0.717) is 18.7 Å². The van der Waals surface area contributed by atoms with Crippen LogP contribution >= 0.6 is 0 Å². The number of carbonyl (C=O) groups excluding carboxylic acids is 1. The summed E-state index contributed by atoms with van der Waals surface area (Å²) < 4.78 is 10.7. The van der Waals surface area contributed by atoms with Crippen LogP contribution < -0.4 is 14.8 Å². The van der Waals surface area contributed by atoms with Crippen molar-refractivity contribution in [2.24, 2.45) is 0 Å². The molecule has 0 aliphatic carbocycles. The van der Waals surface area contributed by atoms with Crippen molar-refractivity contribution in [2.45, 2.75) is 26.2 Å². The first-order valence-electron chi connectivity index (χ1n) is 8.06. The fraction of sp³-hybridized carbons (Fsp3) is 0.350. The van der Waals surface area contributed by atoms with E-state index in [4.69, 9.17) is 9.47 Å². The maximum atomic E-state index is 12.1. The summed E-state index contributed by atoms with van der Waals surface area (Å²) >= 11 is 0. The molecule has 4 heteroatoms. The van der Waals surface area contributed by atoms with E-state index in [2.05, 4.69) is 26.1 Å². The van der Waals surface area contributed by atoms with E-state index in [1.165, 1.54) is 5.56 Å². The highest BCUT2D eigenvalue weighted by Gasteiger charge is 2.14. The zero-order chi connectivity index (χ0) is 17.6. The van der Waals surface area contributed by atoms with Gasteiger partial charge in [-0.3, -0.25) is 4.79 Å². The molecule has 24 heavy (non-hydrogen) atoms. The van der Waals surface area contributed by atoms with Gasteiger partial charge in [0, 0.05) is 5.56 Å². The van der Waals surface area contributed by atoms with E-state index >= 15 is 0 Å². The normalized spacial score (nSPS) is 11.0. The fourth-order valence-corrected chi connectivity index (χ4v) is 2.23. The number of hydrogen-bond acceptors (Lipinski definition) is 3. The van der Waals surface area contributed by atoms with Crippen molar-refractivity contribution < 1.29 is 14.3 Å². The summed E-state index contributed by atoms with van der Waals surface area (Å²) in [6.07, 6.45) is 0. The molecule has 0 radical (unpaired) electrons. The number of nitrogens with one attached hydrogen (secondary N) is 1. The maximum absolute atomic E-state index is 12.1. The molecule has 0 aliphatic rings. The van der Waals surface area contributed by atoms with E-state index in [9.17, 15) is 4.79 Å². The fourth-order valence-electron chi connectivity index (χ4n) is 2.23. The second-order valence-electron chi connectivity index (χ2n) is 6.61. The predicted molar refractivity (Wildman–Crippen MR) is 96.0 cm³/mol. The van der Waals surface area contributed by atoms with Crippen LogP contribution in [0.3, 0.4) is 0 Å². The summed E-state index contributed by atoms with van der Waals surface area (Å²) in [5.74, 6) is 1.45. The number of hydrogen-bond donors (Lipinski definition) is 1. The molecule has 0 atom stereocenters. The minimum atomic E-state index is -0.0891. The predicted octanol–water partition coefficient (Wildman–Crippen LogP) is 3.80. The Labute approximate surface area is 143 Å². The first-order valence-corrected chi connectivity index (χ1v) is 8.06. The van der Waals surface area contributed by atoms with E-state index < -0.39 is 0 Å². The highest BCUT2D eigenvalue weighted by Crippen LogP contribution is 2.22. The van der Waals surface area contributed by atoms with Gasteiger partial charge in [-0.1, -0.05) is 32.9 Å². The van der Waals surface area contributed by atoms with E-state index in [-0.39, 0.29) is 11.3 Å². The third-order valence-corrected chi connectivity index (χ3v) is 3.73. The van der Waals surface area contributed by atoms with Crippen molar-refractivity contribution in [1.29, 1.82) is 0 Å². The molecule has 2 aromatic carbocycles. The van der Waals surface area contributed by atoms with Crippen LogP contribution in [-0.4, -0.2) is 26.2 Å². The largest absolute Gasteiger partial charge is 0.497 e. The van der Waals surface area contributed by atoms with Crippen molar-refractivity contribution in [3.63, 3.8) is 0 Å². The Morgan fingerprint density at radius 2 is 1.54 bits per heavy atom. The summed E-state index contributed by atoms with van der Waals surface area (Å²) in [4.78, 5) is 12.1. The molecular weight excluding hydrogens is 302 g/mol. The van der Waals surface area contributed by atoms with Crippen LogP contribution in [0.5, 0.6) is 11.5 Å². The summed E-state index contributed by atoms with van der Waals surface area (Å²) in [7, 11) is 1.62. The Balaban J connectivity index is 1.78. The van der Waals surface area contributed by atoms with Crippen molar-refractivity contribution in [2.75, 3.05) is 20.3 Å². The van der Waals surface area contributed by atoms with Crippen LogP contribution in [0.25, 0.3) is 0 Å². The van der Waals surface area contributed by atoms with Gasteiger partial charge < -0.3 is 14.8 Å². The number of ether oxygens (including phenoxy) is 2. The van der Waals surface area contributed by atoms with Gasteiger partial charge in [0.1, 0.15) is 18.1 Å². The summed E-state index contributed by atoms with van der Waals surface area (Å²) in [6.45, 7) is 7.32. The number of rotatable bonds is 6. The smallest absolute Gasteiger partial charge is 0.251 e. The molecule has 128 valence electrons. The Morgan fingerprint density at radius 1 is 0.958 bits per heavy atom.